The molecule has 1 atom stereocenters. The summed E-state index contributed by atoms with van der Waals surface area (Å²) >= 11 is 12.3. The molecule has 0 aliphatic heterocycles. The molecule has 0 aliphatic carbocycles. The first-order valence-electron chi connectivity index (χ1n) is 7.05. The van der Waals surface area contributed by atoms with Crippen molar-refractivity contribution in [2.24, 2.45) is 17.8 Å². The second-order valence-corrected chi connectivity index (χ2v) is 6.76. The zero-order valence-corrected chi connectivity index (χ0v) is 13.9. The Hall–Kier alpha value is -0.240. The Labute approximate surface area is 127 Å². The van der Waals surface area contributed by atoms with Gasteiger partial charge in [0, 0.05) is 0 Å². The second-order valence-electron chi connectivity index (χ2n) is 5.97. The number of hydrogen-bond donors (Lipinski definition) is 1. The molecule has 3 heteroatoms. The molecule has 1 rings (SSSR count). The third-order valence-corrected chi connectivity index (χ3v) is 4.27. The highest BCUT2D eigenvalue weighted by molar-refractivity contribution is 6.42. The summed E-state index contributed by atoms with van der Waals surface area (Å²) in [5, 5.41) is 4.90. The van der Waals surface area contributed by atoms with Crippen LogP contribution in [0.2, 0.25) is 10.0 Å². The third-order valence-electron chi connectivity index (χ3n) is 3.42. The van der Waals surface area contributed by atoms with Gasteiger partial charge in [0.1, 0.15) is 0 Å². The first-order valence-corrected chi connectivity index (χ1v) is 7.81. The van der Waals surface area contributed by atoms with Crippen LogP contribution in [0, 0.1) is 17.8 Å². The van der Waals surface area contributed by atoms with E-state index in [1.807, 2.05) is 12.1 Å². The van der Waals surface area contributed by atoms with Crippen molar-refractivity contribution in [3.8, 4) is 0 Å². The summed E-state index contributed by atoms with van der Waals surface area (Å²) in [6.07, 6.45) is 0.974. The highest BCUT2D eigenvalue weighted by Gasteiger charge is 2.16. The van der Waals surface area contributed by atoms with Crippen molar-refractivity contribution in [3.63, 3.8) is 0 Å². The fourth-order valence-corrected chi connectivity index (χ4v) is 2.49. The molecule has 0 aliphatic rings. The highest BCUT2D eigenvalue weighted by Crippen LogP contribution is 2.28. The second kappa shape index (κ2) is 8.14. The molecule has 0 bridgehead atoms. The van der Waals surface area contributed by atoms with Gasteiger partial charge < -0.3 is 5.32 Å². The molecule has 1 unspecified atom stereocenters. The minimum absolute atomic E-state index is 0.578. The van der Waals surface area contributed by atoms with E-state index in [1.54, 1.807) is 0 Å². The molecule has 108 valence electrons. The molecular formula is C16H25Cl2N. The van der Waals surface area contributed by atoms with Gasteiger partial charge in [-0.2, -0.15) is 0 Å². The molecule has 0 heterocycles. The van der Waals surface area contributed by atoms with Gasteiger partial charge in [-0.05, 0) is 48.9 Å². The smallest absolute Gasteiger partial charge is 0.0624 e. The predicted molar refractivity (Wildman–Crippen MR) is 86.2 cm³/mol. The van der Waals surface area contributed by atoms with Crippen molar-refractivity contribution in [3.05, 3.63) is 33.8 Å². The van der Waals surface area contributed by atoms with E-state index < -0.39 is 0 Å². The lowest BCUT2D eigenvalue weighted by molar-refractivity contribution is 0.352. The molecule has 0 spiro atoms. The van der Waals surface area contributed by atoms with Gasteiger partial charge in [0.05, 0.1) is 10.0 Å². The molecular weight excluding hydrogens is 277 g/mol. The SMILES string of the molecule is CC(C)CNCC(Cc1cccc(Cl)c1Cl)C(C)C. The largest absolute Gasteiger partial charge is 0.316 e. The Balaban J connectivity index is 2.65. The summed E-state index contributed by atoms with van der Waals surface area (Å²) in [6.45, 7) is 11.1. The Kier molecular flexibility index (Phi) is 7.20. The van der Waals surface area contributed by atoms with Crippen LogP contribution in [0.5, 0.6) is 0 Å². The van der Waals surface area contributed by atoms with E-state index >= 15 is 0 Å². The number of halogens is 2. The van der Waals surface area contributed by atoms with E-state index in [9.17, 15) is 0 Å². The number of benzene rings is 1. The summed E-state index contributed by atoms with van der Waals surface area (Å²) in [5.41, 5.74) is 1.15. The summed E-state index contributed by atoms with van der Waals surface area (Å²) in [5.74, 6) is 1.88. The summed E-state index contributed by atoms with van der Waals surface area (Å²) < 4.78 is 0. The van der Waals surface area contributed by atoms with Gasteiger partial charge in [0.25, 0.3) is 0 Å². The molecule has 1 aromatic carbocycles. The summed E-state index contributed by atoms with van der Waals surface area (Å²) in [4.78, 5) is 0. The standard InChI is InChI=1S/C16H25Cl2N/c1-11(2)9-19-10-14(12(3)4)8-13-6-5-7-15(17)16(13)18/h5-7,11-12,14,19H,8-10H2,1-4H3. The van der Waals surface area contributed by atoms with Gasteiger partial charge in [-0.15, -0.1) is 0 Å². The molecule has 1 nitrogen and oxygen atoms in total. The van der Waals surface area contributed by atoms with Crippen LogP contribution < -0.4 is 5.32 Å². The average Bonchev–Trinajstić information content (AvgIpc) is 2.32. The van der Waals surface area contributed by atoms with Crippen molar-refractivity contribution < 1.29 is 0 Å². The molecule has 0 saturated carbocycles. The zero-order chi connectivity index (χ0) is 14.4. The molecule has 0 saturated heterocycles. The van der Waals surface area contributed by atoms with Gasteiger partial charge in [0.2, 0.25) is 0 Å². The summed E-state index contributed by atoms with van der Waals surface area (Å²) in [7, 11) is 0. The average molecular weight is 302 g/mol. The molecule has 1 N–H and O–H groups in total. The van der Waals surface area contributed by atoms with Crippen LogP contribution in [-0.2, 0) is 6.42 Å². The maximum Gasteiger partial charge on any atom is 0.0624 e. The minimum Gasteiger partial charge on any atom is -0.316 e. The van der Waals surface area contributed by atoms with Crippen molar-refractivity contribution >= 4 is 23.2 Å². The Morgan fingerprint density at radius 3 is 2.32 bits per heavy atom. The van der Waals surface area contributed by atoms with Crippen molar-refractivity contribution in [2.45, 2.75) is 34.1 Å². The van der Waals surface area contributed by atoms with Gasteiger partial charge in [-0.3, -0.25) is 0 Å². The minimum atomic E-state index is 0.578. The Morgan fingerprint density at radius 2 is 1.74 bits per heavy atom. The lowest BCUT2D eigenvalue weighted by Crippen LogP contribution is -2.30. The fourth-order valence-electron chi connectivity index (χ4n) is 2.09. The highest BCUT2D eigenvalue weighted by atomic mass is 35.5. The van der Waals surface area contributed by atoms with Gasteiger partial charge in [0.15, 0.2) is 0 Å². The van der Waals surface area contributed by atoms with E-state index in [4.69, 9.17) is 23.2 Å². The Morgan fingerprint density at radius 1 is 1.05 bits per heavy atom. The molecule has 19 heavy (non-hydrogen) atoms. The predicted octanol–water partition coefficient (Wildman–Crippen LogP) is 5.05. The molecule has 0 amide bonds. The van der Waals surface area contributed by atoms with Crippen molar-refractivity contribution in [1.29, 1.82) is 0 Å². The van der Waals surface area contributed by atoms with Crippen LogP contribution in [0.4, 0.5) is 0 Å². The molecule has 1 aromatic rings. The maximum absolute atomic E-state index is 6.27. The van der Waals surface area contributed by atoms with E-state index in [0.29, 0.717) is 27.8 Å². The lowest BCUT2D eigenvalue weighted by atomic mass is 9.89. The van der Waals surface area contributed by atoms with Crippen LogP contribution in [0.25, 0.3) is 0 Å². The van der Waals surface area contributed by atoms with Gasteiger partial charge >= 0.3 is 0 Å². The number of nitrogens with one attached hydrogen (secondary N) is 1. The van der Waals surface area contributed by atoms with E-state index in [2.05, 4.69) is 39.1 Å². The summed E-state index contributed by atoms with van der Waals surface area (Å²) in [6, 6.07) is 5.89. The monoisotopic (exact) mass is 301 g/mol. The number of hydrogen-bond acceptors (Lipinski definition) is 1. The van der Waals surface area contributed by atoms with Crippen molar-refractivity contribution in [1.82, 2.24) is 5.32 Å². The van der Waals surface area contributed by atoms with Crippen molar-refractivity contribution in [2.75, 3.05) is 13.1 Å². The van der Waals surface area contributed by atoms with Gasteiger partial charge in [-0.25, -0.2) is 0 Å². The zero-order valence-electron chi connectivity index (χ0n) is 12.3. The molecule has 0 radical (unpaired) electrons. The third kappa shape index (κ3) is 5.72. The Bertz CT molecular complexity index is 388. The molecule has 0 fully saturated rings. The fraction of sp³-hybridized carbons (Fsp3) is 0.625. The van der Waals surface area contributed by atoms with E-state index in [0.717, 1.165) is 25.1 Å². The van der Waals surface area contributed by atoms with E-state index in [1.165, 1.54) is 0 Å². The van der Waals surface area contributed by atoms with Crippen LogP contribution in [0.15, 0.2) is 18.2 Å². The van der Waals surface area contributed by atoms with Crippen LogP contribution in [0.3, 0.4) is 0 Å². The number of rotatable bonds is 7. The van der Waals surface area contributed by atoms with Crippen LogP contribution in [0.1, 0.15) is 33.3 Å². The topological polar surface area (TPSA) is 12.0 Å². The van der Waals surface area contributed by atoms with Crippen LogP contribution in [-0.4, -0.2) is 13.1 Å². The molecule has 0 aromatic heterocycles. The van der Waals surface area contributed by atoms with Crippen LogP contribution >= 0.6 is 23.2 Å². The normalized spacial score (nSPS) is 13.3. The van der Waals surface area contributed by atoms with E-state index in [-0.39, 0.29) is 0 Å². The lowest BCUT2D eigenvalue weighted by Gasteiger charge is -2.23. The van der Waals surface area contributed by atoms with Gasteiger partial charge in [-0.1, -0.05) is 63.0 Å². The first kappa shape index (κ1) is 16.8. The maximum atomic E-state index is 6.27. The quantitative estimate of drug-likeness (QED) is 0.743. The first-order chi connectivity index (χ1) is 8.91.